The van der Waals surface area contributed by atoms with Crippen LogP contribution in [0, 0.1) is 6.92 Å². The molecule has 1 N–H and O–H groups in total. The van der Waals surface area contributed by atoms with Gasteiger partial charge in [0.15, 0.2) is 10.9 Å². The Morgan fingerprint density at radius 1 is 1.09 bits per heavy atom. The van der Waals surface area contributed by atoms with E-state index in [0.717, 1.165) is 33.9 Å². The van der Waals surface area contributed by atoms with Crippen LogP contribution in [0.15, 0.2) is 69.1 Å². The zero-order valence-corrected chi connectivity index (χ0v) is 21.3. The number of carbonyl (C=O) groups is 1. The summed E-state index contributed by atoms with van der Waals surface area (Å²) < 4.78 is 6.29. The Labute approximate surface area is 213 Å². The molecule has 0 fully saturated rings. The molecule has 1 aromatic heterocycles. The van der Waals surface area contributed by atoms with Crippen LogP contribution in [0.2, 0.25) is 5.02 Å². The quantitative estimate of drug-likeness (QED) is 0.438. The van der Waals surface area contributed by atoms with E-state index >= 15 is 0 Å². The molecule has 5 rings (SSSR count). The smallest absolute Gasteiger partial charge is 0.276 e. The third-order valence-corrected chi connectivity index (χ3v) is 7.53. The number of hydrazone groups is 1. The van der Waals surface area contributed by atoms with Crippen LogP contribution in [0.5, 0.6) is 0 Å². The van der Waals surface area contributed by atoms with Crippen LogP contribution in [0.4, 0.5) is 0 Å². The molecule has 2 aliphatic heterocycles. The molecule has 0 saturated carbocycles. The Morgan fingerprint density at radius 3 is 2.80 bits per heavy atom. The van der Waals surface area contributed by atoms with E-state index in [9.17, 15) is 4.79 Å². The van der Waals surface area contributed by atoms with Crippen molar-refractivity contribution in [2.24, 2.45) is 10.1 Å². The molecule has 0 bridgehead atoms. The van der Waals surface area contributed by atoms with Crippen molar-refractivity contribution in [3.63, 3.8) is 0 Å². The molecule has 0 saturated heterocycles. The van der Waals surface area contributed by atoms with Gasteiger partial charge in [-0.2, -0.15) is 0 Å². The third-order valence-electron chi connectivity index (χ3n) is 6.17. The zero-order chi connectivity index (χ0) is 24.4. The number of nitrogens with zero attached hydrogens (tertiary/aromatic N) is 3. The molecule has 0 unspecified atom stereocenters. The molecule has 0 aliphatic carbocycles. The maximum absolute atomic E-state index is 13.3. The molecule has 1 amide bonds. The van der Waals surface area contributed by atoms with Crippen molar-refractivity contribution < 1.29 is 9.21 Å². The van der Waals surface area contributed by atoms with Gasteiger partial charge in [0.25, 0.3) is 5.91 Å². The fourth-order valence-electron chi connectivity index (χ4n) is 4.29. The van der Waals surface area contributed by atoms with Gasteiger partial charge in [0, 0.05) is 21.6 Å². The number of carbonyl (C=O) groups excluding carboxylic acids is 1. The summed E-state index contributed by atoms with van der Waals surface area (Å²) in [5.74, 6) is 2.03. The average Bonchev–Trinajstić information content (AvgIpc) is 3.34. The Morgan fingerprint density at radius 2 is 1.94 bits per heavy atom. The first-order valence-electron chi connectivity index (χ1n) is 11.9. The van der Waals surface area contributed by atoms with Gasteiger partial charge in [0.2, 0.25) is 6.17 Å². The van der Waals surface area contributed by atoms with Gasteiger partial charge in [-0.1, -0.05) is 79.9 Å². The van der Waals surface area contributed by atoms with Gasteiger partial charge >= 0.3 is 0 Å². The SMILES string of the molecule is CCCCCCSC1=NN2C(=c3ccccc3=N[C@@H]2c2ccc(-c3cccc(Cl)c3C)o2)C(=O)N1. The van der Waals surface area contributed by atoms with E-state index in [0.29, 0.717) is 27.4 Å². The first kappa shape index (κ1) is 23.7. The largest absolute Gasteiger partial charge is 0.457 e. The molecule has 3 heterocycles. The topological polar surface area (TPSA) is 70.2 Å². The minimum atomic E-state index is -0.588. The molecular formula is C27H27ClN4O2S. The first-order chi connectivity index (χ1) is 17.1. The number of benzene rings is 2. The van der Waals surface area contributed by atoms with E-state index in [1.54, 1.807) is 16.8 Å². The second kappa shape index (κ2) is 10.3. The van der Waals surface area contributed by atoms with Crippen LogP contribution in [0.25, 0.3) is 17.0 Å². The normalized spacial score (nSPS) is 16.8. The van der Waals surface area contributed by atoms with Crippen LogP contribution >= 0.6 is 23.4 Å². The molecule has 3 aromatic rings. The predicted octanol–water partition coefficient (Wildman–Crippen LogP) is 5.36. The van der Waals surface area contributed by atoms with Gasteiger partial charge in [-0.3, -0.25) is 10.1 Å². The number of rotatable bonds is 7. The molecule has 35 heavy (non-hydrogen) atoms. The molecule has 8 heteroatoms. The van der Waals surface area contributed by atoms with E-state index in [4.69, 9.17) is 26.1 Å². The highest BCUT2D eigenvalue weighted by Crippen LogP contribution is 2.35. The van der Waals surface area contributed by atoms with Gasteiger partial charge in [0.05, 0.1) is 5.36 Å². The summed E-state index contributed by atoms with van der Waals surface area (Å²) >= 11 is 7.90. The monoisotopic (exact) mass is 506 g/mol. The highest BCUT2D eigenvalue weighted by molar-refractivity contribution is 8.13. The van der Waals surface area contributed by atoms with Crippen LogP contribution < -0.4 is 15.9 Å². The predicted molar refractivity (Wildman–Crippen MR) is 141 cm³/mol. The minimum absolute atomic E-state index is 0.180. The number of fused-ring (bicyclic) bond motifs is 2. The molecular weight excluding hydrogens is 480 g/mol. The lowest BCUT2D eigenvalue weighted by molar-refractivity contribution is -0.116. The molecule has 2 aromatic carbocycles. The lowest BCUT2D eigenvalue weighted by Gasteiger charge is -2.32. The maximum atomic E-state index is 13.3. The second-order valence-electron chi connectivity index (χ2n) is 8.60. The summed E-state index contributed by atoms with van der Waals surface area (Å²) in [5, 5.41) is 12.3. The summed E-state index contributed by atoms with van der Waals surface area (Å²) in [4.78, 5) is 18.2. The molecule has 0 radical (unpaired) electrons. The Bertz CT molecular complexity index is 1410. The number of hydrogen-bond donors (Lipinski definition) is 1. The number of thioether (sulfide) groups is 1. The third kappa shape index (κ3) is 4.75. The Hall–Kier alpha value is -3.03. The van der Waals surface area contributed by atoms with Crippen molar-refractivity contribution in [3.05, 3.63) is 81.5 Å². The molecule has 1 atom stereocenters. The van der Waals surface area contributed by atoms with Crippen LogP contribution in [-0.2, 0) is 4.79 Å². The number of amidine groups is 1. The average molecular weight is 507 g/mol. The van der Waals surface area contributed by atoms with Crippen molar-refractivity contribution in [2.75, 3.05) is 5.75 Å². The molecule has 2 aliphatic rings. The highest BCUT2D eigenvalue weighted by atomic mass is 35.5. The number of hydrogen-bond acceptors (Lipinski definition) is 6. The number of unbranched alkanes of at least 4 members (excludes halogenated alkanes) is 3. The number of amides is 1. The van der Waals surface area contributed by atoms with Crippen LogP contribution in [0.1, 0.15) is 50.1 Å². The van der Waals surface area contributed by atoms with Gasteiger partial charge < -0.3 is 4.42 Å². The van der Waals surface area contributed by atoms with Crippen LogP contribution in [0.3, 0.4) is 0 Å². The van der Waals surface area contributed by atoms with Gasteiger partial charge in [-0.05, 0) is 43.2 Å². The van der Waals surface area contributed by atoms with Crippen LogP contribution in [-0.4, -0.2) is 21.8 Å². The first-order valence-corrected chi connectivity index (χ1v) is 13.3. The molecule has 0 spiro atoms. The fourth-order valence-corrected chi connectivity index (χ4v) is 5.31. The summed E-state index contributed by atoms with van der Waals surface area (Å²) in [6.07, 6.45) is 4.08. The van der Waals surface area contributed by atoms with Crippen molar-refractivity contribution in [3.8, 4) is 11.3 Å². The number of furan rings is 1. The van der Waals surface area contributed by atoms with Crippen molar-refractivity contribution in [1.82, 2.24) is 10.3 Å². The van der Waals surface area contributed by atoms with Gasteiger partial charge in [0.1, 0.15) is 11.5 Å². The minimum Gasteiger partial charge on any atom is -0.457 e. The van der Waals surface area contributed by atoms with Gasteiger partial charge in [-0.25, -0.2) is 10.0 Å². The standard InChI is InChI=1S/C27H27ClN4O2S/c1-3-4-5-8-16-35-27-30-26(33)24-19-10-6-7-13-21(19)29-25(32(24)31-27)23-15-14-22(34-23)18-11-9-12-20(28)17(18)2/h6-7,9-15,25H,3-5,8,16H2,1-2H3,(H,30,31,33)/t25-/m0/s1. The van der Waals surface area contributed by atoms with E-state index in [-0.39, 0.29) is 5.91 Å². The van der Waals surface area contributed by atoms with Crippen molar-refractivity contribution >= 4 is 40.1 Å². The zero-order valence-electron chi connectivity index (χ0n) is 19.8. The molecule has 180 valence electrons. The summed E-state index contributed by atoms with van der Waals surface area (Å²) in [5.41, 5.74) is 2.35. The Kier molecular flexibility index (Phi) is 6.97. The second-order valence-corrected chi connectivity index (χ2v) is 10.1. The highest BCUT2D eigenvalue weighted by Gasteiger charge is 2.36. The summed E-state index contributed by atoms with van der Waals surface area (Å²) in [6.45, 7) is 4.16. The fraction of sp³-hybridized carbons (Fsp3) is 0.296. The van der Waals surface area contributed by atoms with Crippen molar-refractivity contribution in [2.45, 2.75) is 45.7 Å². The number of para-hydroxylation sites is 1. The number of halogens is 1. The van der Waals surface area contributed by atoms with E-state index in [1.807, 2.05) is 61.5 Å². The Balaban J connectivity index is 1.52. The van der Waals surface area contributed by atoms with E-state index < -0.39 is 6.17 Å². The number of nitrogens with one attached hydrogen (secondary N) is 1. The summed E-state index contributed by atoms with van der Waals surface area (Å²) in [7, 11) is 0. The summed E-state index contributed by atoms with van der Waals surface area (Å²) in [6, 6.07) is 17.2. The van der Waals surface area contributed by atoms with E-state index in [2.05, 4.69) is 12.2 Å². The van der Waals surface area contributed by atoms with Gasteiger partial charge in [-0.15, -0.1) is 5.10 Å². The lowest BCUT2D eigenvalue weighted by atomic mass is 10.1. The maximum Gasteiger partial charge on any atom is 0.276 e. The lowest BCUT2D eigenvalue weighted by Crippen LogP contribution is -2.50. The van der Waals surface area contributed by atoms with Crippen molar-refractivity contribution in [1.29, 1.82) is 0 Å². The van der Waals surface area contributed by atoms with E-state index in [1.165, 1.54) is 19.3 Å². The molecule has 6 nitrogen and oxygen atoms in total.